The van der Waals surface area contributed by atoms with Crippen LogP contribution in [0.4, 0.5) is 10.5 Å². The van der Waals surface area contributed by atoms with Crippen LogP contribution in [0.3, 0.4) is 0 Å². The van der Waals surface area contributed by atoms with Gasteiger partial charge in [0.25, 0.3) is 0 Å². The van der Waals surface area contributed by atoms with Crippen molar-refractivity contribution < 1.29 is 9.53 Å². The molecule has 0 bridgehead atoms. The molecular formula is C20H22N4O2. The zero-order valence-corrected chi connectivity index (χ0v) is 14.4. The Kier molecular flexibility index (Phi) is 4.84. The maximum Gasteiger partial charge on any atom is 0.319 e. The molecule has 1 fully saturated rings. The van der Waals surface area contributed by atoms with Crippen molar-refractivity contribution in [1.29, 1.82) is 0 Å². The Morgan fingerprint density at radius 1 is 1.23 bits per heavy atom. The van der Waals surface area contributed by atoms with Crippen LogP contribution in [-0.4, -0.2) is 29.4 Å². The van der Waals surface area contributed by atoms with Gasteiger partial charge in [-0.1, -0.05) is 30.3 Å². The fraction of sp³-hybridized carbons (Fsp3) is 0.300. The first kappa shape index (κ1) is 16.6. The molecule has 1 saturated heterocycles. The number of aromatic amines is 1. The third-order valence-electron chi connectivity index (χ3n) is 4.80. The Morgan fingerprint density at radius 3 is 3.00 bits per heavy atom. The molecule has 2 aromatic carbocycles. The number of benzene rings is 2. The highest BCUT2D eigenvalue weighted by molar-refractivity contribution is 5.92. The molecule has 6 heteroatoms. The summed E-state index contributed by atoms with van der Waals surface area (Å²) in [5.41, 5.74) is 2.86. The van der Waals surface area contributed by atoms with Crippen molar-refractivity contribution in [3.8, 4) is 0 Å². The number of hydrogen-bond donors (Lipinski definition) is 3. The smallest absolute Gasteiger partial charge is 0.319 e. The highest BCUT2D eigenvalue weighted by Gasteiger charge is 2.27. The van der Waals surface area contributed by atoms with E-state index in [2.05, 4.69) is 33.0 Å². The molecule has 0 aliphatic carbocycles. The third kappa shape index (κ3) is 3.70. The Balaban J connectivity index is 1.36. The summed E-state index contributed by atoms with van der Waals surface area (Å²) < 4.78 is 5.98. The van der Waals surface area contributed by atoms with E-state index in [-0.39, 0.29) is 18.1 Å². The quantitative estimate of drug-likeness (QED) is 0.669. The highest BCUT2D eigenvalue weighted by Crippen LogP contribution is 2.33. The molecule has 6 nitrogen and oxygen atoms in total. The van der Waals surface area contributed by atoms with Crippen molar-refractivity contribution in [2.75, 3.05) is 18.5 Å². The molecule has 0 radical (unpaired) electrons. The predicted molar refractivity (Wildman–Crippen MR) is 101 cm³/mol. The summed E-state index contributed by atoms with van der Waals surface area (Å²) in [6.45, 7) is 1.35. The number of hydrogen-bond acceptors (Lipinski definition) is 3. The molecule has 134 valence electrons. The molecule has 4 rings (SSSR count). The number of ether oxygens (including phenoxy) is 1. The lowest BCUT2D eigenvalue weighted by Crippen LogP contribution is -2.37. The van der Waals surface area contributed by atoms with E-state index in [1.807, 2.05) is 36.4 Å². The number of rotatable bonds is 4. The predicted octanol–water partition coefficient (Wildman–Crippen LogP) is 3.85. The molecule has 26 heavy (non-hydrogen) atoms. The Morgan fingerprint density at radius 2 is 2.12 bits per heavy atom. The van der Waals surface area contributed by atoms with Crippen molar-refractivity contribution in [3.63, 3.8) is 0 Å². The van der Waals surface area contributed by atoms with Crippen LogP contribution in [-0.2, 0) is 4.74 Å². The van der Waals surface area contributed by atoms with E-state index in [1.165, 1.54) is 5.56 Å². The molecule has 0 saturated carbocycles. The minimum Gasteiger partial charge on any atom is -0.373 e. The number of urea groups is 1. The van der Waals surface area contributed by atoms with E-state index in [9.17, 15) is 4.79 Å². The van der Waals surface area contributed by atoms with Crippen molar-refractivity contribution >= 4 is 22.6 Å². The van der Waals surface area contributed by atoms with E-state index < -0.39 is 0 Å². The third-order valence-corrected chi connectivity index (χ3v) is 4.80. The molecule has 2 heterocycles. The minimum atomic E-state index is -0.203. The zero-order chi connectivity index (χ0) is 17.8. The second-order valence-electron chi connectivity index (χ2n) is 6.61. The van der Waals surface area contributed by atoms with Gasteiger partial charge in [-0.05, 0) is 36.6 Å². The Hall–Kier alpha value is -2.86. The van der Waals surface area contributed by atoms with Gasteiger partial charge >= 0.3 is 6.03 Å². The standard InChI is InChI=1S/C20H22N4O2/c25-20(23-17-8-9-18-16(11-17)13-22-24-18)21-12-15-7-4-10-26-19(15)14-5-2-1-3-6-14/h1-3,5-6,8-9,11,13,15,19H,4,7,10,12H2,(H,22,24)(H2,21,23,25). The van der Waals surface area contributed by atoms with E-state index in [4.69, 9.17) is 4.74 Å². The number of anilines is 1. The number of nitrogens with zero attached hydrogens (tertiary/aromatic N) is 1. The Bertz CT molecular complexity index is 878. The van der Waals surface area contributed by atoms with Crippen LogP contribution in [0.1, 0.15) is 24.5 Å². The summed E-state index contributed by atoms with van der Waals surface area (Å²) in [6.07, 6.45) is 3.84. The van der Waals surface area contributed by atoms with Gasteiger partial charge in [-0.15, -0.1) is 0 Å². The first-order chi connectivity index (χ1) is 12.8. The van der Waals surface area contributed by atoms with Crippen LogP contribution in [0, 0.1) is 5.92 Å². The van der Waals surface area contributed by atoms with E-state index in [0.717, 1.165) is 36.0 Å². The summed E-state index contributed by atoms with van der Waals surface area (Å²) >= 11 is 0. The molecule has 3 N–H and O–H groups in total. The van der Waals surface area contributed by atoms with Gasteiger partial charge in [0.15, 0.2) is 0 Å². The van der Waals surface area contributed by atoms with Crippen LogP contribution in [0.15, 0.2) is 54.7 Å². The van der Waals surface area contributed by atoms with Crippen molar-refractivity contribution in [2.45, 2.75) is 18.9 Å². The molecule has 1 aliphatic rings. The fourth-order valence-corrected chi connectivity index (χ4v) is 3.48. The molecule has 0 spiro atoms. The number of fused-ring (bicyclic) bond motifs is 1. The van der Waals surface area contributed by atoms with Gasteiger partial charge in [-0.3, -0.25) is 5.10 Å². The summed E-state index contributed by atoms with van der Waals surface area (Å²) in [6, 6.07) is 15.7. The normalized spacial score (nSPS) is 20.0. The number of H-pyrrole nitrogens is 1. The van der Waals surface area contributed by atoms with Crippen LogP contribution < -0.4 is 10.6 Å². The first-order valence-corrected chi connectivity index (χ1v) is 8.94. The molecular weight excluding hydrogens is 328 g/mol. The van der Waals surface area contributed by atoms with Crippen molar-refractivity contribution in [3.05, 3.63) is 60.3 Å². The van der Waals surface area contributed by atoms with Gasteiger partial charge in [0, 0.05) is 30.1 Å². The largest absolute Gasteiger partial charge is 0.373 e. The first-order valence-electron chi connectivity index (χ1n) is 8.94. The average Bonchev–Trinajstić information content (AvgIpc) is 3.15. The van der Waals surface area contributed by atoms with Gasteiger partial charge in [-0.2, -0.15) is 5.10 Å². The maximum absolute atomic E-state index is 12.3. The van der Waals surface area contributed by atoms with Crippen LogP contribution in [0.5, 0.6) is 0 Å². The monoisotopic (exact) mass is 350 g/mol. The second kappa shape index (κ2) is 7.58. The summed E-state index contributed by atoms with van der Waals surface area (Å²) in [7, 11) is 0. The minimum absolute atomic E-state index is 0.0348. The lowest BCUT2D eigenvalue weighted by atomic mass is 9.89. The molecule has 2 unspecified atom stereocenters. The average molecular weight is 350 g/mol. The van der Waals surface area contributed by atoms with Crippen molar-refractivity contribution in [2.24, 2.45) is 5.92 Å². The number of carbonyl (C=O) groups is 1. The van der Waals surface area contributed by atoms with Gasteiger partial charge < -0.3 is 15.4 Å². The topological polar surface area (TPSA) is 79.0 Å². The van der Waals surface area contributed by atoms with E-state index in [1.54, 1.807) is 6.20 Å². The van der Waals surface area contributed by atoms with Crippen LogP contribution in [0.25, 0.3) is 10.9 Å². The fourth-order valence-electron chi connectivity index (χ4n) is 3.48. The molecule has 3 aromatic rings. The SMILES string of the molecule is O=C(NCC1CCCOC1c1ccccc1)Nc1ccc2[nH]ncc2c1. The lowest BCUT2D eigenvalue weighted by molar-refractivity contribution is -0.0268. The molecule has 1 aromatic heterocycles. The van der Waals surface area contributed by atoms with E-state index in [0.29, 0.717) is 6.54 Å². The molecule has 1 aliphatic heterocycles. The highest BCUT2D eigenvalue weighted by atomic mass is 16.5. The summed E-state index contributed by atoms with van der Waals surface area (Å²) in [5, 5.41) is 13.7. The number of aromatic nitrogens is 2. The molecule has 2 atom stereocenters. The zero-order valence-electron chi connectivity index (χ0n) is 14.4. The van der Waals surface area contributed by atoms with Gasteiger partial charge in [0.1, 0.15) is 0 Å². The van der Waals surface area contributed by atoms with Crippen molar-refractivity contribution in [1.82, 2.24) is 15.5 Å². The number of nitrogens with one attached hydrogen (secondary N) is 3. The number of amides is 2. The van der Waals surface area contributed by atoms with Gasteiger partial charge in [0.2, 0.25) is 0 Å². The van der Waals surface area contributed by atoms with Crippen LogP contribution >= 0.6 is 0 Å². The number of carbonyl (C=O) groups excluding carboxylic acids is 1. The second-order valence-corrected chi connectivity index (χ2v) is 6.61. The lowest BCUT2D eigenvalue weighted by Gasteiger charge is -2.32. The maximum atomic E-state index is 12.3. The summed E-state index contributed by atoms with van der Waals surface area (Å²) in [5.74, 6) is 0.272. The van der Waals surface area contributed by atoms with Crippen LogP contribution in [0.2, 0.25) is 0 Å². The summed E-state index contributed by atoms with van der Waals surface area (Å²) in [4.78, 5) is 12.3. The van der Waals surface area contributed by atoms with E-state index >= 15 is 0 Å². The Labute approximate surface area is 151 Å². The van der Waals surface area contributed by atoms with Gasteiger partial charge in [0.05, 0.1) is 17.8 Å². The van der Waals surface area contributed by atoms with Gasteiger partial charge in [-0.25, -0.2) is 4.79 Å². The molecule has 2 amide bonds.